The molecule has 0 aromatic rings. The first-order valence-electron chi connectivity index (χ1n) is 4.76. The van der Waals surface area contributed by atoms with E-state index in [9.17, 15) is 0 Å². The van der Waals surface area contributed by atoms with Gasteiger partial charge in [0.15, 0.2) is 5.73 Å². The molecule has 0 aromatic heterocycles. The first-order chi connectivity index (χ1) is 6.62. The first kappa shape index (κ1) is 18.5. The van der Waals surface area contributed by atoms with Crippen molar-refractivity contribution >= 4 is 106 Å². The highest BCUT2D eigenvalue weighted by atomic mass is 80.0. The Morgan fingerprint density at radius 1 is 0.733 bits per heavy atom. The molecule has 15 heavy (non-hydrogen) atoms. The maximum atomic E-state index is 4.12. The van der Waals surface area contributed by atoms with E-state index in [0.29, 0.717) is 0 Å². The Bertz CT molecular complexity index is 206. The van der Waals surface area contributed by atoms with Crippen LogP contribution in [0.3, 0.4) is 0 Å². The van der Waals surface area contributed by atoms with Gasteiger partial charge in [-0.1, -0.05) is 72.6 Å². The average molecular weight is 650 g/mol. The molecule has 92 valence electrons. The highest BCUT2D eigenvalue weighted by molar-refractivity contribution is 9.78. The summed E-state index contributed by atoms with van der Waals surface area (Å²) in [6.07, 6.45) is 2.45. The van der Waals surface area contributed by atoms with Crippen molar-refractivity contribution in [2.75, 3.05) is 0 Å². The third-order valence-corrected chi connectivity index (χ3v) is 108. The SMILES string of the molecule is CCC[Si](Br)(Br)[Si](Br)(CCC)[Si](Br)(Br)Br. The summed E-state index contributed by atoms with van der Waals surface area (Å²) >= 11 is 23.8. The molecule has 0 saturated heterocycles. The van der Waals surface area contributed by atoms with Crippen molar-refractivity contribution in [3.05, 3.63) is 0 Å². The van der Waals surface area contributed by atoms with Gasteiger partial charge in [-0.3, -0.25) is 0 Å². The Morgan fingerprint density at radius 2 is 1.13 bits per heavy atom. The number of rotatable bonds is 6. The molecular formula is C6H14Br6Si3. The molecule has 0 spiro atoms. The van der Waals surface area contributed by atoms with Gasteiger partial charge >= 0.3 is 0 Å². The maximum Gasteiger partial charge on any atom is 0.266 e. The Balaban J connectivity index is 5.10. The molecule has 0 amide bonds. The normalized spacial score (nSPS) is 17.6. The molecule has 0 rings (SSSR count). The van der Waals surface area contributed by atoms with Gasteiger partial charge in [-0.15, -0.1) is 45.9 Å². The van der Waals surface area contributed by atoms with E-state index in [4.69, 9.17) is 0 Å². The molecule has 0 nitrogen and oxygen atoms in total. The van der Waals surface area contributed by atoms with Gasteiger partial charge in [0.05, 0.1) is 0 Å². The smallest absolute Gasteiger partial charge is 0.128 e. The van der Waals surface area contributed by atoms with Gasteiger partial charge in [0.2, 0.25) is 4.83 Å². The molecular weight excluding hydrogens is 636 g/mol. The molecule has 0 radical (unpaired) electrons. The Morgan fingerprint density at radius 3 is 1.40 bits per heavy atom. The number of hydrogen-bond acceptors (Lipinski definition) is 0. The summed E-state index contributed by atoms with van der Waals surface area (Å²) in [5.74, 6) is 0. The summed E-state index contributed by atoms with van der Waals surface area (Å²) in [7, 11) is 0. The van der Waals surface area contributed by atoms with Gasteiger partial charge in [0.1, 0.15) is 0 Å². The van der Waals surface area contributed by atoms with Crippen molar-refractivity contribution in [2.24, 2.45) is 0 Å². The summed E-state index contributed by atoms with van der Waals surface area (Å²) in [6, 6.07) is 2.55. The standard InChI is InChI=1S/C6H14Br6Si3/c1-3-5-13(7,8)14(9,6-4-2)15(10,11)12/h3-6H2,1-2H3. The quantitative estimate of drug-likeness (QED) is 0.223. The first-order valence-corrected chi connectivity index (χ1v) is 26.7. The minimum atomic E-state index is -1.64. The zero-order valence-electron chi connectivity index (χ0n) is 8.60. The molecule has 0 fully saturated rings. The van der Waals surface area contributed by atoms with Crippen LogP contribution < -0.4 is 0 Å². The second kappa shape index (κ2) is 7.35. The van der Waals surface area contributed by atoms with E-state index in [1.54, 1.807) is 0 Å². The van der Waals surface area contributed by atoms with E-state index in [-0.39, 0.29) is 0 Å². The Labute approximate surface area is 142 Å². The van der Waals surface area contributed by atoms with Crippen molar-refractivity contribution in [1.82, 2.24) is 0 Å². The fourth-order valence-corrected chi connectivity index (χ4v) is 116. The van der Waals surface area contributed by atoms with Crippen LogP contribution in [0.5, 0.6) is 0 Å². The van der Waals surface area contributed by atoms with Crippen LogP contribution in [0, 0.1) is 0 Å². The van der Waals surface area contributed by atoms with Crippen LogP contribution in [0.2, 0.25) is 12.1 Å². The second-order valence-corrected chi connectivity index (χ2v) is 71.0. The fourth-order valence-electron chi connectivity index (χ4n) is 1.39. The highest BCUT2D eigenvalue weighted by Crippen LogP contribution is 2.53. The van der Waals surface area contributed by atoms with Gasteiger partial charge < -0.3 is 0 Å². The molecule has 0 heterocycles. The van der Waals surface area contributed by atoms with E-state index in [1.807, 2.05) is 0 Å². The number of halogens is 6. The summed E-state index contributed by atoms with van der Waals surface area (Å²) in [5, 5.41) is 0. The van der Waals surface area contributed by atoms with E-state index < -0.39 is 14.0 Å². The molecule has 0 aliphatic heterocycles. The largest absolute Gasteiger partial charge is 0.266 e. The molecule has 0 bridgehead atoms. The lowest BCUT2D eigenvalue weighted by Crippen LogP contribution is -2.62. The van der Waals surface area contributed by atoms with Gasteiger partial charge in [-0.2, -0.15) is 0 Å². The van der Waals surface area contributed by atoms with Crippen LogP contribution in [0.25, 0.3) is 0 Å². The van der Waals surface area contributed by atoms with Crippen molar-refractivity contribution < 1.29 is 0 Å². The average Bonchev–Trinajstić information content (AvgIpc) is 2.02. The molecule has 1 unspecified atom stereocenters. The minimum Gasteiger partial charge on any atom is -0.128 e. The van der Waals surface area contributed by atoms with E-state index in [2.05, 4.69) is 106 Å². The third kappa shape index (κ3) is 4.85. The monoisotopic (exact) mass is 644 g/mol. The van der Waals surface area contributed by atoms with E-state index in [0.717, 1.165) is 0 Å². The highest BCUT2D eigenvalue weighted by Gasteiger charge is 2.62. The van der Waals surface area contributed by atoms with Crippen LogP contribution in [0.4, 0.5) is 0 Å². The summed E-state index contributed by atoms with van der Waals surface area (Å²) in [6.45, 7) is 4.50. The molecule has 0 aliphatic carbocycles. The van der Waals surface area contributed by atoms with Crippen molar-refractivity contribution in [3.8, 4) is 0 Å². The van der Waals surface area contributed by atoms with Crippen molar-refractivity contribution in [1.29, 1.82) is 0 Å². The van der Waals surface area contributed by atoms with E-state index >= 15 is 0 Å². The molecule has 0 N–H and O–H groups in total. The minimum absolute atomic E-state index is 1.23. The molecule has 1 atom stereocenters. The molecule has 9 heteroatoms. The van der Waals surface area contributed by atoms with Gasteiger partial charge in [0, 0.05) is 0 Å². The summed E-state index contributed by atoms with van der Waals surface area (Å²) in [4.78, 5) is -1.51. The Kier molecular flexibility index (Phi) is 9.08. The predicted octanol–water partition coefficient (Wildman–Crippen LogP) is 6.66. The van der Waals surface area contributed by atoms with Crippen LogP contribution in [0.1, 0.15) is 26.7 Å². The fraction of sp³-hybridized carbons (Fsp3) is 1.00. The van der Waals surface area contributed by atoms with Crippen LogP contribution in [-0.2, 0) is 0 Å². The maximum absolute atomic E-state index is 4.12. The van der Waals surface area contributed by atoms with Crippen LogP contribution in [-0.4, -0.2) is 14.0 Å². The molecule has 0 saturated carbocycles. The zero-order chi connectivity index (χ0) is 12.3. The third-order valence-electron chi connectivity index (χ3n) is 2.19. The topological polar surface area (TPSA) is 0 Å². The van der Waals surface area contributed by atoms with Gasteiger partial charge in [-0.25, -0.2) is 0 Å². The molecule has 0 aromatic carbocycles. The predicted molar refractivity (Wildman–Crippen MR) is 101 cm³/mol. The van der Waals surface area contributed by atoms with Gasteiger partial charge in [0.25, 0.3) is 3.45 Å². The molecule has 0 aliphatic rings. The lowest BCUT2D eigenvalue weighted by molar-refractivity contribution is 1.06. The number of hydrogen-bond donors (Lipinski definition) is 0. The summed E-state index contributed by atoms with van der Waals surface area (Å²) in [5.41, 5.74) is -1.53. The Hall–Kier alpha value is 3.53. The lowest BCUT2D eigenvalue weighted by atomic mass is 10.6. The zero-order valence-corrected chi connectivity index (χ0v) is 21.1. The van der Waals surface area contributed by atoms with Crippen LogP contribution >= 0.6 is 91.8 Å². The summed E-state index contributed by atoms with van der Waals surface area (Å²) < 4.78 is -1.64. The van der Waals surface area contributed by atoms with Crippen molar-refractivity contribution in [2.45, 2.75) is 38.8 Å². The van der Waals surface area contributed by atoms with E-state index in [1.165, 1.54) is 24.9 Å². The van der Waals surface area contributed by atoms with Crippen molar-refractivity contribution in [3.63, 3.8) is 0 Å². The van der Waals surface area contributed by atoms with Gasteiger partial charge in [-0.05, 0) is 12.1 Å². The lowest BCUT2D eigenvalue weighted by Gasteiger charge is -2.40. The van der Waals surface area contributed by atoms with Crippen LogP contribution in [0.15, 0.2) is 0 Å². The second-order valence-electron chi connectivity index (χ2n) is 3.50.